The number of ether oxygens (including phenoxy) is 1. The molecule has 3 rings (SSSR count). The maximum Gasteiger partial charge on any atom is 0.270 e. The number of nitrogens with one attached hydrogen (secondary N) is 1. The molecule has 2 aliphatic rings. The average molecular weight is 304 g/mol. The molecule has 0 bridgehead atoms. The van der Waals surface area contributed by atoms with Gasteiger partial charge in [0.15, 0.2) is 0 Å². The monoisotopic (exact) mass is 304 g/mol. The lowest BCUT2D eigenvalue weighted by molar-refractivity contribution is 0.0853. The zero-order valence-electron chi connectivity index (χ0n) is 13.0. The molecule has 3 heterocycles. The van der Waals surface area contributed by atoms with Crippen LogP contribution in [0.15, 0.2) is 12.4 Å². The van der Waals surface area contributed by atoms with Crippen LogP contribution in [0.25, 0.3) is 0 Å². The summed E-state index contributed by atoms with van der Waals surface area (Å²) in [7, 11) is 0. The van der Waals surface area contributed by atoms with Crippen molar-refractivity contribution in [1.82, 2.24) is 15.3 Å². The second-order valence-electron chi connectivity index (χ2n) is 6.01. The highest BCUT2D eigenvalue weighted by Gasteiger charge is 2.18. The third kappa shape index (κ3) is 3.94. The summed E-state index contributed by atoms with van der Waals surface area (Å²) in [5.74, 6) is 0.716. The predicted molar refractivity (Wildman–Crippen MR) is 84.0 cm³/mol. The van der Waals surface area contributed by atoms with E-state index in [1.807, 2.05) is 0 Å². The van der Waals surface area contributed by atoms with Crippen LogP contribution < -0.4 is 10.2 Å². The van der Waals surface area contributed by atoms with Crippen molar-refractivity contribution in [3.8, 4) is 0 Å². The second kappa shape index (κ2) is 7.54. The van der Waals surface area contributed by atoms with Gasteiger partial charge in [-0.05, 0) is 25.7 Å². The molecule has 2 fully saturated rings. The molecular formula is C16H24N4O2. The molecule has 6 heteroatoms. The summed E-state index contributed by atoms with van der Waals surface area (Å²) in [6.45, 7) is 3.37. The van der Waals surface area contributed by atoms with E-state index in [9.17, 15) is 4.79 Å². The van der Waals surface area contributed by atoms with Crippen molar-refractivity contribution in [3.05, 3.63) is 18.1 Å². The SMILES string of the molecule is O=C(NCC1CCCO1)c1cc(N2CCCCCC2)ncn1. The van der Waals surface area contributed by atoms with Crippen molar-refractivity contribution in [1.29, 1.82) is 0 Å². The van der Waals surface area contributed by atoms with Gasteiger partial charge in [0.1, 0.15) is 17.8 Å². The van der Waals surface area contributed by atoms with E-state index < -0.39 is 0 Å². The Labute approximate surface area is 131 Å². The lowest BCUT2D eigenvalue weighted by atomic mass is 10.2. The second-order valence-corrected chi connectivity index (χ2v) is 6.01. The van der Waals surface area contributed by atoms with Crippen molar-refractivity contribution in [2.45, 2.75) is 44.6 Å². The number of aromatic nitrogens is 2. The molecule has 1 aromatic heterocycles. The van der Waals surface area contributed by atoms with Crippen LogP contribution in [-0.4, -0.2) is 48.2 Å². The van der Waals surface area contributed by atoms with E-state index in [-0.39, 0.29) is 12.0 Å². The summed E-state index contributed by atoms with van der Waals surface area (Å²) in [5.41, 5.74) is 0.437. The van der Waals surface area contributed by atoms with Crippen LogP contribution in [0.1, 0.15) is 49.0 Å². The molecule has 0 spiro atoms. The third-order valence-electron chi connectivity index (χ3n) is 4.33. The van der Waals surface area contributed by atoms with Crippen molar-refractivity contribution < 1.29 is 9.53 Å². The lowest BCUT2D eigenvalue weighted by Gasteiger charge is -2.21. The molecule has 1 aromatic rings. The Balaban J connectivity index is 1.60. The van der Waals surface area contributed by atoms with E-state index >= 15 is 0 Å². The van der Waals surface area contributed by atoms with Crippen molar-refractivity contribution in [2.24, 2.45) is 0 Å². The molecule has 6 nitrogen and oxygen atoms in total. The zero-order chi connectivity index (χ0) is 15.2. The molecule has 1 amide bonds. The Bertz CT molecular complexity index is 495. The minimum Gasteiger partial charge on any atom is -0.376 e. The molecular weight excluding hydrogens is 280 g/mol. The van der Waals surface area contributed by atoms with Gasteiger partial charge in [-0.1, -0.05) is 12.8 Å². The van der Waals surface area contributed by atoms with E-state index in [0.717, 1.165) is 38.4 Å². The van der Waals surface area contributed by atoms with Crippen LogP contribution in [0.2, 0.25) is 0 Å². The van der Waals surface area contributed by atoms with E-state index in [2.05, 4.69) is 20.2 Å². The standard InChI is InChI=1S/C16H24N4O2/c21-16(17-11-13-6-5-9-22-13)14-10-15(19-12-18-14)20-7-3-1-2-4-8-20/h10,12-13H,1-9,11H2,(H,17,21). The number of carbonyl (C=O) groups excluding carboxylic acids is 1. The minimum atomic E-state index is -0.144. The van der Waals surface area contributed by atoms with Gasteiger partial charge in [-0.2, -0.15) is 0 Å². The highest BCUT2D eigenvalue weighted by molar-refractivity contribution is 5.92. The van der Waals surface area contributed by atoms with Crippen LogP contribution in [-0.2, 0) is 4.74 Å². The quantitative estimate of drug-likeness (QED) is 0.918. The minimum absolute atomic E-state index is 0.144. The summed E-state index contributed by atoms with van der Waals surface area (Å²) in [6, 6.07) is 1.80. The summed E-state index contributed by atoms with van der Waals surface area (Å²) in [5, 5.41) is 2.91. The Hall–Kier alpha value is -1.69. The first-order chi connectivity index (χ1) is 10.8. The Morgan fingerprint density at radius 2 is 2.05 bits per heavy atom. The topological polar surface area (TPSA) is 67.3 Å². The third-order valence-corrected chi connectivity index (χ3v) is 4.33. The molecule has 1 N–H and O–H groups in total. The average Bonchev–Trinajstić information content (AvgIpc) is 2.93. The number of rotatable bonds is 4. The van der Waals surface area contributed by atoms with Gasteiger partial charge >= 0.3 is 0 Å². The molecule has 0 aromatic carbocycles. The predicted octanol–water partition coefficient (Wildman–Crippen LogP) is 1.77. The molecule has 1 unspecified atom stereocenters. The normalized spacial score (nSPS) is 22.4. The lowest BCUT2D eigenvalue weighted by Crippen LogP contribution is -2.32. The number of anilines is 1. The Kier molecular flexibility index (Phi) is 5.21. The van der Waals surface area contributed by atoms with Crippen molar-refractivity contribution in [2.75, 3.05) is 31.1 Å². The van der Waals surface area contributed by atoms with Crippen LogP contribution >= 0.6 is 0 Å². The fraction of sp³-hybridized carbons (Fsp3) is 0.688. The van der Waals surface area contributed by atoms with Crippen LogP contribution in [0.5, 0.6) is 0 Å². The fourth-order valence-electron chi connectivity index (χ4n) is 3.05. The van der Waals surface area contributed by atoms with Gasteiger partial charge in [-0.15, -0.1) is 0 Å². The van der Waals surface area contributed by atoms with Gasteiger partial charge < -0.3 is 15.0 Å². The van der Waals surface area contributed by atoms with Crippen molar-refractivity contribution >= 4 is 11.7 Å². The summed E-state index contributed by atoms with van der Waals surface area (Å²) in [4.78, 5) is 22.9. The number of amides is 1. The largest absolute Gasteiger partial charge is 0.376 e. The number of carbonyl (C=O) groups is 1. The Morgan fingerprint density at radius 3 is 2.77 bits per heavy atom. The van der Waals surface area contributed by atoms with Crippen molar-refractivity contribution in [3.63, 3.8) is 0 Å². The molecule has 0 aliphatic carbocycles. The first-order valence-electron chi connectivity index (χ1n) is 8.30. The van der Waals surface area contributed by atoms with Gasteiger partial charge in [-0.25, -0.2) is 9.97 Å². The van der Waals surface area contributed by atoms with E-state index in [1.165, 1.54) is 32.0 Å². The van der Waals surface area contributed by atoms with Gasteiger partial charge in [0.05, 0.1) is 6.10 Å². The number of hydrogen-bond acceptors (Lipinski definition) is 5. The van der Waals surface area contributed by atoms with E-state index in [0.29, 0.717) is 12.2 Å². The fourth-order valence-corrected chi connectivity index (χ4v) is 3.05. The first-order valence-corrected chi connectivity index (χ1v) is 8.30. The highest BCUT2D eigenvalue weighted by Crippen LogP contribution is 2.17. The molecule has 120 valence electrons. The maximum absolute atomic E-state index is 12.2. The van der Waals surface area contributed by atoms with E-state index in [4.69, 9.17) is 4.74 Å². The highest BCUT2D eigenvalue weighted by atomic mass is 16.5. The molecule has 2 saturated heterocycles. The van der Waals surface area contributed by atoms with E-state index in [1.54, 1.807) is 6.07 Å². The van der Waals surface area contributed by atoms with Gasteiger partial charge in [0.25, 0.3) is 5.91 Å². The van der Waals surface area contributed by atoms with Gasteiger partial charge in [0.2, 0.25) is 0 Å². The maximum atomic E-state index is 12.2. The first kappa shape index (κ1) is 15.2. The molecule has 1 atom stereocenters. The zero-order valence-corrected chi connectivity index (χ0v) is 13.0. The molecule has 0 radical (unpaired) electrons. The summed E-state index contributed by atoms with van der Waals surface area (Å²) < 4.78 is 5.52. The molecule has 0 saturated carbocycles. The summed E-state index contributed by atoms with van der Waals surface area (Å²) >= 11 is 0. The number of nitrogens with zero attached hydrogens (tertiary/aromatic N) is 3. The molecule has 2 aliphatic heterocycles. The Morgan fingerprint density at radius 1 is 1.23 bits per heavy atom. The van der Waals surface area contributed by atoms with Crippen LogP contribution in [0.4, 0.5) is 5.82 Å². The smallest absolute Gasteiger partial charge is 0.270 e. The van der Waals surface area contributed by atoms with Crippen LogP contribution in [0, 0.1) is 0 Å². The summed E-state index contributed by atoms with van der Waals surface area (Å²) in [6.07, 6.45) is 8.65. The van der Waals surface area contributed by atoms with Gasteiger partial charge in [-0.3, -0.25) is 4.79 Å². The van der Waals surface area contributed by atoms with Crippen LogP contribution in [0.3, 0.4) is 0 Å². The number of hydrogen-bond donors (Lipinski definition) is 1. The molecule has 22 heavy (non-hydrogen) atoms. The van der Waals surface area contributed by atoms with Gasteiger partial charge in [0, 0.05) is 32.3 Å².